The van der Waals surface area contributed by atoms with E-state index >= 15 is 0 Å². The molecular weight excluding hydrogens is 140 g/mol. The van der Waals surface area contributed by atoms with Gasteiger partial charge in [-0.2, -0.15) is 0 Å². The van der Waals surface area contributed by atoms with Gasteiger partial charge in [0.15, 0.2) is 0 Å². The van der Waals surface area contributed by atoms with Crippen molar-refractivity contribution >= 4 is 5.91 Å². The minimum Gasteiger partial charge on any atom is -0.369 e. The smallest absolute Gasteiger partial charge is 0.221 e. The van der Waals surface area contributed by atoms with E-state index in [1.165, 1.54) is 0 Å². The summed E-state index contributed by atoms with van der Waals surface area (Å²) in [6.07, 6.45) is 3.32. The van der Waals surface area contributed by atoms with Crippen molar-refractivity contribution < 1.29 is 4.79 Å². The topological polar surface area (TPSA) is 55.1 Å². The predicted octanol–water partition coefficient (Wildman–Crippen LogP) is -0.139. The van der Waals surface area contributed by atoms with Gasteiger partial charge in [-0.3, -0.25) is 4.79 Å². The van der Waals surface area contributed by atoms with Crippen molar-refractivity contribution in [3.63, 3.8) is 0 Å². The molecule has 1 saturated carbocycles. The third-order valence-electron chi connectivity index (χ3n) is 3.13. The summed E-state index contributed by atoms with van der Waals surface area (Å²) in [4.78, 5) is 10.8. The van der Waals surface area contributed by atoms with Crippen LogP contribution in [0.3, 0.4) is 0 Å². The number of hydrogen-bond acceptors (Lipinski definition) is 2. The summed E-state index contributed by atoms with van der Waals surface area (Å²) >= 11 is 0. The van der Waals surface area contributed by atoms with Gasteiger partial charge in [-0.1, -0.05) is 0 Å². The van der Waals surface area contributed by atoms with E-state index in [1.807, 2.05) is 0 Å². The molecule has 3 heteroatoms. The molecule has 1 amide bonds. The maximum atomic E-state index is 10.8. The van der Waals surface area contributed by atoms with Crippen molar-refractivity contribution in [3.8, 4) is 0 Å². The molecule has 11 heavy (non-hydrogen) atoms. The number of carbonyl (C=O) groups excluding carboxylic acids is 1. The van der Waals surface area contributed by atoms with Gasteiger partial charge in [0.25, 0.3) is 0 Å². The highest BCUT2D eigenvalue weighted by molar-refractivity contribution is 5.80. The summed E-state index contributed by atoms with van der Waals surface area (Å²) in [5.74, 6) is 0.108. The zero-order valence-corrected chi connectivity index (χ0v) is 6.60. The van der Waals surface area contributed by atoms with E-state index in [4.69, 9.17) is 5.73 Å². The maximum absolute atomic E-state index is 10.8. The van der Waals surface area contributed by atoms with Crippen molar-refractivity contribution in [1.82, 2.24) is 5.32 Å². The summed E-state index contributed by atoms with van der Waals surface area (Å²) in [7, 11) is 0. The lowest BCUT2D eigenvalue weighted by Gasteiger charge is -2.22. The molecule has 0 aromatic carbocycles. The molecule has 1 saturated heterocycles. The van der Waals surface area contributed by atoms with Crippen LogP contribution in [0, 0.1) is 11.3 Å². The Bertz CT molecular complexity index is 185. The molecule has 1 heterocycles. The fourth-order valence-corrected chi connectivity index (χ4v) is 2.23. The number of nitrogens with one attached hydrogen (secondary N) is 1. The van der Waals surface area contributed by atoms with Gasteiger partial charge in [0.2, 0.25) is 5.91 Å². The molecule has 0 bridgehead atoms. The van der Waals surface area contributed by atoms with Gasteiger partial charge < -0.3 is 11.1 Å². The average molecular weight is 154 g/mol. The second-order valence-electron chi connectivity index (χ2n) is 3.77. The normalized spacial score (nSPS) is 33.6. The van der Waals surface area contributed by atoms with Crippen molar-refractivity contribution in [1.29, 1.82) is 0 Å². The first-order valence-corrected chi connectivity index (χ1v) is 4.25. The first-order valence-electron chi connectivity index (χ1n) is 4.25. The van der Waals surface area contributed by atoms with Crippen LogP contribution in [-0.4, -0.2) is 19.0 Å². The van der Waals surface area contributed by atoms with E-state index in [2.05, 4.69) is 5.32 Å². The summed E-state index contributed by atoms with van der Waals surface area (Å²) in [5.41, 5.74) is 5.57. The Morgan fingerprint density at radius 1 is 1.45 bits per heavy atom. The van der Waals surface area contributed by atoms with Crippen LogP contribution in [0.15, 0.2) is 0 Å². The molecule has 3 N–H and O–H groups in total. The molecule has 1 spiro atoms. The number of hydrogen-bond donors (Lipinski definition) is 2. The Morgan fingerprint density at radius 2 is 2.09 bits per heavy atom. The minimum atomic E-state index is -0.0908. The Kier molecular flexibility index (Phi) is 1.42. The molecule has 1 atom stereocenters. The van der Waals surface area contributed by atoms with Crippen LogP contribution in [0.5, 0.6) is 0 Å². The fraction of sp³-hybridized carbons (Fsp3) is 0.875. The Labute approximate surface area is 66.3 Å². The first kappa shape index (κ1) is 7.10. The predicted molar refractivity (Wildman–Crippen MR) is 41.8 cm³/mol. The van der Waals surface area contributed by atoms with Crippen LogP contribution in [0.25, 0.3) is 0 Å². The molecule has 2 rings (SSSR count). The Balaban J connectivity index is 1.99. The number of amides is 1. The number of carbonyl (C=O) groups is 1. The molecule has 0 aromatic rings. The lowest BCUT2D eigenvalue weighted by Crippen LogP contribution is -2.31. The highest BCUT2D eigenvalue weighted by Gasteiger charge is 2.56. The number of nitrogens with two attached hydrogens (primary N) is 1. The molecule has 1 aliphatic heterocycles. The van der Waals surface area contributed by atoms with E-state index in [0.29, 0.717) is 5.41 Å². The molecule has 0 aromatic heterocycles. The van der Waals surface area contributed by atoms with Crippen molar-refractivity contribution in [2.45, 2.75) is 19.3 Å². The van der Waals surface area contributed by atoms with Crippen LogP contribution >= 0.6 is 0 Å². The van der Waals surface area contributed by atoms with Gasteiger partial charge in [0.05, 0.1) is 0 Å². The molecule has 3 nitrogen and oxygen atoms in total. The largest absolute Gasteiger partial charge is 0.369 e. The van der Waals surface area contributed by atoms with E-state index in [9.17, 15) is 4.79 Å². The van der Waals surface area contributed by atoms with Gasteiger partial charge in [-0.25, -0.2) is 0 Å². The third kappa shape index (κ3) is 1.03. The summed E-state index contributed by atoms with van der Waals surface area (Å²) in [5, 5.41) is 3.29. The summed E-state index contributed by atoms with van der Waals surface area (Å²) < 4.78 is 0. The zero-order chi connectivity index (χ0) is 7.90. The van der Waals surface area contributed by atoms with Crippen LogP contribution in [0.1, 0.15) is 19.3 Å². The third-order valence-corrected chi connectivity index (χ3v) is 3.13. The van der Waals surface area contributed by atoms with Crippen LogP contribution < -0.4 is 11.1 Å². The second kappa shape index (κ2) is 2.21. The second-order valence-corrected chi connectivity index (χ2v) is 3.77. The maximum Gasteiger partial charge on any atom is 0.221 e. The molecule has 1 unspecified atom stereocenters. The molecule has 0 radical (unpaired) electrons. The van der Waals surface area contributed by atoms with E-state index in [0.717, 1.165) is 32.4 Å². The van der Waals surface area contributed by atoms with Crippen molar-refractivity contribution in [2.24, 2.45) is 17.1 Å². The summed E-state index contributed by atoms with van der Waals surface area (Å²) in [6.45, 7) is 2.12. The lowest BCUT2D eigenvalue weighted by molar-refractivity contribution is -0.120. The van der Waals surface area contributed by atoms with Gasteiger partial charge >= 0.3 is 0 Å². The summed E-state index contributed by atoms with van der Waals surface area (Å²) in [6, 6.07) is 0. The Hall–Kier alpha value is -0.570. The SMILES string of the molecule is NC(=O)C1CC12CCNCC2. The van der Waals surface area contributed by atoms with E-state index < -0.39 is 0 Å². The first-order chi connectivity index (χ1) is 5.25. The molecule has 62 valence electrons. The molecule has 1 aliphatic carbocycles. The highest BCUT2D eigenvalue weighted by Crippen LogP contribution is 2.58. The van der Waals surface area contributed by atoms with Gasteiger partial charge in [0, 0.05) is 5.92 Å². The van der Waals surface area contributed by atoms with Gasteiger partial charge in [-0.05, 0) is 37.8 Å². The number of piperidine rings is 1. The standard InChI is InChI=1S/C8H14N2O/c9-7(11)6-5-8(6)1-3-10-4-2-8/h6,10H,1-5H2,(H2,9,11). The minimum absolute atomic E-state index is 0.0908. The van der Waals surface area contributed by atoms with E-state index in [1.54, 1.807) is 0 Å². The molecular formula is C8H14N2O. The number of primary amides is 1. The van der Waals surface area contributed by atoms with Gasteiger partial charge in [0.1, 0.15) is 0 Å². The van der Waals surface area contributed by atoms with Crippen LogP contribution in [-0.2, 0) is 4.79 Å². The fourth-order valence-electron chi connectivity index (χ4n) is 2.23. The lowest BCUT2D eigenvalue weighted by atomic mass is 9.92. The monoisotopic (exact) mass is 154 g/mol. The van der Waals surface area contributed by atoms with Crippen molar-refractivity contribution in [2.75, 3.05) is 13.1 Å². The molecule has 2 fully saturated rings. The van der Waals surface area contributed by atoms with Crippen LogP contribution in [0.2, 0.25) is 0 Å². The van der Waals surface area contributed by atoms with Crippen molar-refractivity contribution in [3.05, 3.63) is 0 Å². The molecule has 2 aliphatic rings. The van der Waals surface area contributed by atoms with Crippen LogP contribution in [0.4, 0.5) is 0 Å². The highest BCUT2D eigenvalue weighted by atomic mass is 16.1. The average Bonchev–Trinajstić information content (AvgIpc) is 2.66. The Morgan fingerprint density at radius 3 is 2.55 bits per heavy atom. The zero-order valence-electron chi connectivity index (χ0n) is 6.60. The van der Waals surface area contributed by atoms with E-state index in [-0.39, 0.29) is 11.8 Å². The number of rotatable bonds is 1. The van der Waals surface area contributed by atoms with Gasteiger partial charge in [-0.15, -0.1) is 0 Å². The quantitative estimate of drug-likeness (QED) is 0.552.